The minimum atomic E-state index is -0.203. The minimum Gasteiger partial charge on any atom is -0.359 e. The van der Waals surface area contributed by atoms with E-state index in [1.165, 1.54) is 7.05 Å². The Labute approximate surface area is 99.0 Å². The first-order valence-corrected chi connectivity index (χ1v) is 5.25. The topological polar surface area (TPSA) is 58.2 Å². The number of rotatable bonds is 4. The van der Waals surface area contributed by atoms with Gasteiger partial charge in [0.15, 0.2) is 0 Å². The molecule has 0 saturated heterocycles. The molecule has 0 aliphatic rings. The van der Waals surface area contributed by atoms with Crippen LogP contribution in [0.25, 0.3) is 0 Å². The quantitative estimate of drug-likeness (QED) is 0.843. The molecular weight excluding hydrogens is 228 g/mol. The molecule has 4 nitrogen and oxygen atoms in total. The maximum absolute atomic E-state index is 11.4. The summed E-state index contributed by atoms with van der Waals surface area (Å²) in [5, 5.41) is 5.67. The lowest BCUT2D eigenvalue weighted by molar-refractivity contribution is -0.124. The molecular formula is C11H13ClN2O2. The number of carbonyl (C=O) groups excluding carboxylic acids is 2. The molecule has 2 amide bonds. The van der Waals surface area contributed by atoms with Crippen molar-refractivity contribution < 1.29 is 9.59 Å². The molecule has 0 aromatic heterocycles. The van der Waals surface area contributed by atoms with Gasteiger partial charge in [0, 0.05) is 30.6 Å². The van der Waals surface area contributed by atoms with Gasteiger partial charge in [0.2, 0.25) is 11.8 Å². The van der Waals surface area contributed by atoms with Crippen LogP contribution in [0.5, 0.6) is 0 Å². The lowest BCUT2D eigenvalue weighted by Gasteiger charge is -2.04. The van der Waals surface area contributed by atoms with Crippen molar-refractivity contribution in [2.24, 2.45) is 0 Å². The van der Waals surface area contributed by atoms with Gasteiger partial charge < -0.3 is 10.6 Å². The van der Waals surface area contributed by atoms with Gasteiger partial charge in [0.1, 0.15) is 0 Å². The van der Waals surface area contributed by atoms with E-state index in [0.29, 0.717) is 10.7 Å². The maximum atomic E-state index is 11.4. The molecule has 1 aromatic carbocycles. The third-order valence-corrected chi connectivity index (χ3v) is 2.20. The third kappa shape index (κ3) is 4.31. The van der Waals surface area contributed by atoms with Crippen molar-refractivity contribution in [1.29, 1.82) is 0 Å². The van der Waals surface area contributed by atoms with Crippen LogP contribution in [0.3, 0.4) is 0 Å². The molecule has 0 spiro atoms. The number of nitrogens with one attached hydrogen (secondary N) is 2. The van der Waals surface area contributed by atoms with Gasteiger partial charge in [-0.2, -0.15) is 0 Å². The van der Waals surface area contributed by atoms with E-state index in [2.05, 4.69) is 10.6 Å². The fraction of sp³-hybridized carbons (Fsp3) is 0.273. The average molecular weight is 241 g/mol. The van der Waals surface area contributed by atoms with E-state index in [1.54, 1.807) is 24.3 Å². The van der Waals surface area contributed by atoms with E-state index in [0.717, 1.165) is 0 Å². The lowest BCUT2D eigenvalue weighted by Crippen LogP contribution is -2.20. The normalized spacial score (nSPS) is 9.62. The van der Waals surface area contributed by atoms with Gasteiger partial charge in [-0.05, 0) is 18.2 Å². The summed E-state index contributed by atoms with van der Waals surface area (Å²) < 4.78 is 0. The SMILES string of the molecule is CNC(=O)CCC(=O)Nc1cccc(Cl)c1. The molecule has 1 rings (SSSR count). The first-order valence-electron chi connectivity index (χ1n) is 4.88. The van der Waals surface area contributed by atoms with Crippen LogP contribution in [-0.4, -0.2) is 18.9 Å². The molecule has 0 atom stereocenters. The zero-order chi connectivity index (χ0) is 12.0. The molecule has 16 heavy (non-hydrogen) atoms. The highest BCUT2D eigenvalue weighted by atomic mass is 35.5. The summed E-state index contributed by atoms with van der Waals surface area (Å²) in [6.45, 7) is 0. The Kier molecular flexibility index (Phi) is 4.79. The van der Waals surface area contributed by atoms with E-state index in [9.17, 15) is 9.59 Å². The van der Waals surface area contributed by atoms with Gasteiger partial charge in [-0.25, -0.2) is 0 Å². The largest absolute Gasteiger partial charge is 0.359 e. The Bertz CT molecular complexity index is 393. The predicted molar refractivity (Wildman–Crippen MR) is 63.4 cm³/mol. The first-order chi connectivity index (χ1) is 7.61. The predicted octanol–water partition coefficient (Wildman–Crippen LogP) is 1.80. The highest BCUT2D eigenvalue weighted by molar-refractivity contribution is 6.30. The Morgan fingerprint density at radius 2 is 1.94 bits per heavy atom. The number of hydrogen-bond acceptors (Lipinski definition) is 2. The fourth-order valence-electron chi connectivity index (χ4n) is 1.14. The van der Waals surface area contributed by atoms with Gasteiger partial charge in [0.05, 0.1) is 0 Å². The summed E-state index contributed by atoms with van der Waals surface area (Å²) in [6, 6.07) is 6.86. The Balaban J connectivity index is 2.43. The van der Waals surface area contributed by atoms with Gasteiger partial charge in [0.25, 0.3) is 0 Å². The van der Waals surface area contributed by atoms with Crippen LogP contribution in [0, 0.1) is 0 Å². The van der Waals surface area contributed by atoms with Gasteiger partial charge in [-0.3, -0.25) is 9.59 Å². The molecule has 0 unspecified atom stereocenters. The molecule has 0 bridgehead atoms. The summed E-state index contributed by atoms with van der Waals surface area (Å²) in [6.07, 6.45) is 0.342. The van der Waals surface area contributed by atoms with Crippen molar-refractivity contribution in [3.05, 3.63) is 29.3 Å². The lowest BCUT2D eigenvalue weighted by atomic mass is 10.2. The highest BCUT2D eigenvalue weighted by Crippen LogP contribution is 2.15. The molecule has 5 heteroatoms. The molecule has 2 N–H and O–H groups in total. The van der Waals surface area contributed by atoms with Crippen molar-refractivity contribution in [3.63, 3.8) is 0 Å². The van der Waals surface area contributed by atoms with Crippen molar-refractivity contribution in [1.82, 2.24) is 5.32 Å². The smallest absolute Gasteiger partial charge is 0.224 e. The number of benzene rings is 1. The van der Waals surface area contributed by atoms with Crippen LogP contribution in [-0.2, 0) is 9.59 Å². The van der Waals surface area contributed by atoms with Crippen LogP contribution in [0.2, 0.25) is 5.02 Å². The van der Waals surface area contributed by atoms with Gasteiger partial charge in [-0.15, -0.1) is 0 Å². The second-order valence-corrected chi connectivity index (χ2v) is 3.67. The van der Waals surface area contributed by atoms with Gasteiger partial charge in [-0.1, -0.05) is 17.7 Å². The zero-order valence-electron chi connectivity index (χ0n) is 8.92. The molecule has 86 valence electrons. The number of amides is 2. The Hall–Kier alpha value is -1.55. The van der Waals surface area contributed by atoms with Crippen LogP contribution in [0.4, 0.5) is 5.69 Å². The summed E-state index contributed by atoms with van der Waals surface area (Å²) in [5.74, 6) is -0.355. The zero-order valence-corrected chi connectivity index (χ0v) is 9.67. The van der Waals surface area contributed by atoms with Crippen molar-refractivity contribution in [2.45, 2.75) is 12.8 Å². The standard InChI is InChI=1S/C11H13ClN2O2/c1-13-10(15)5-6-11(16)14-9-4-2-3-8(12)7-9/h2-4,7H,5-6H2,1H3,(H,13,15)(H,14,16). The molecule has 0 radical (unpaired) electrons. The number of halogens is 1. The van der Waals surface area contributed by atoms with Crippen molar-refractivity contribution in [2.75, 3.05) is 12.4 Å². The highest BCUT2D eigenvalue weighted by Gasteiger charge is 2.05. The van der Waals surface area contributed by atoms with Crippen LogP contribution in [0.1, 0.15) is 12.8 Å². The molecule has 0 fully saturated rings. The fourth-order valence-corrected chi connectivity index (χ4v) is 1.33. The summed E-state index contributed by atoms with van der Waals surface area (Å²) in [5.41, 5.74) is 0.634. The van der Waals surface area contributed by atoms with Crippen molar-refractivity contribution >= 4 is 29.1 Å². The van der Waals surface area contributed by atoms with Crippen LogP contribution >= 0.6 is 11.6 Å². The summed E-state index contributed by atoms with van der Waals surface area (Å²) in [4.78, 5) is 22.3. The number of anilines is 1. The molecule has 1 aromatic rings. The maximum Gasteiger partial charge on any atom is 0.224 e. The first kappa shape index (κ1) is 12.5. The number of carbonyl (C=O) groups is 2. The van der Waals surface area contributed by atoms with E-state index in [1.807, 2.05) is 0 Å². The molecule has 0 heterocycles. The molecule has 0 aliphatic heterocycles. The monoisotopic (exact) mass is 240 g/mol. The van der Waals surface area contributed by atoms with E-state index < -0.39 is 0 Å². The summed E-state index contributed by atoms with van der Waals surface area (Å²) in [7, 11) is 1.54. The second kappa shape index (κ2) is 6.12. The van der Waals surface area contributed by atoms with Crippen LogP contribution < -0.4 is 10.6 Å². The van der Waals surface area contributed by atoms with E-state index in [4.69, 9.17) is 11.6 Å². The van der Waals surface area contributed by atoms with Crippen molar-refractivity contribution in [3.8, 4) is 0 Å². The number of hydrogen-bond donors (Lipinski definition) is 2. The minimum absolute atomic E-state index is 0.152. The average Bonchev–Trinajstić information content (AvgIpc) is 2.26. The molecule has 0 aliphatic carbocycles. The van der Waals surface area contributed by atoms with Crippen LogP contribution in [0.15, 0.2) is 24.3 Å². The Morgan fingerprint density at radius 1 is 1.25 bits per heavy atom. The second-order valence-electron chi connectivity index (χ2n) is 3.23. The third-order valence-electron chi connectivity index (χ3n) is 1.97. The van der Waals surface area contributed by atoms with Gasteiger partial charge >= 0.3 is 0 Å². The molecule has 0 saturated carbocycles. The van der Waals surface area contributed by atoms with E-state index >= 15 is 0 Å². The summed E-state index contributed by atoms with van der Waals surface area (Å²) >= 11 is 5.76. The van der Waals surface area contributed by atoms with E-state index in [-0.39, 0.29) is 24.7 Å². The Morgan fingerprint density at radius 3 is 2.56 bits per heavy atom.